The fourth-order valence-corrected chi connectivity index (χ4v) is 0.908. The average Bonchev–Trinajstić information content (AvgIpc) is 2.64. The molecule has 0 aromatic carbocycles. The van der Waals surface area contributed by atoms with Crippen molar-refractivity contribution in [1.29, 1.82) is 0 Å². The van der Waals surface area contributed by atoms with Gasteiger partial charge in [0.25, 0.3) is 0 Å². The molecule has 1 aliphatic rings. The van der Waals surface area contributed by atoms with Gasteiger partial charge in [0, 0.05) is 6.08 Å². The highest BCUT2D eigenvalue weighted by Gasteiger charge is 2.03. The van der Waals surface area contributed by atoms with Crippen molar-refractivity contribution in [3.63, 3.8) is 0 Å². The van der Waals surface area contributed by atoms with Crippen LogP contribution in [0.2, 0.25) is 0 Å². The van der Waals surface area contributed by atoms with Crippen LogP contribution in [0.4, 0.5) is 0 Å². The number of hydrogen-bond donors (Lipinski definition) is 0. The van der Waals surface area contributed by atoms with Gasteiger partial charge in [-0.05, 0) is 0 Å². The van der Waals surface area contributed by atoms with Crippen molar-refractivity contribution >= 4 is 5.97 Å². The largest absolute Gasteiger partial charge is 0.460 e. The molecule has 0 aromatic rings. The second-order valence-corrected chi connectivity index (χ2v) is 2.48. The third-order valence-electron chi connectivity index (χ3n) is 1.52. The molecule has 0 aromatic heterocycles. The average molecular weight is 180 g/mol. The predicted molar refractivity (Wildman–Crippen MR) is 49.2 cm³/mol. The van der Waals surface area contributed by atoms with Gasteiger partial charge < -0.3 is 9.47 Å². The normalized spacial score (nSPS) is 14.8. The van der Waals surface area contributed by atoms with E-state index in [0.717, 1.165) is 6.08 Å². The van der Waals surface area contributed by atoms with Gasteiger partial charge in [0.1, 0.15) is 6.61 Å². The van der Waals surface area contributed by atoms with Gasteiger partial charge in [0.2, 0.25) is 0 Å². The summed E-state index contributed by atoms with van der Waals surface area (Å²) in [7, 11) is 0. The maximum Gasteiger partial charge on any atom is 0.330 e. The maximum atomic E-state index is 10.6. The van der Waals surface area contributed by atoms with Gasteiger partial charge in [-0.25, -0.2) is 4.79 Å². The highest BCUT2D eigenvalue weighted by Crippen LogP contribution is 2.03. The molecule has 1 aliphatic carbocycles. The summed E-state index contributed by atoms with van der Waals surface area (Å²) in [5.74, 6) is -0.416. The number of carbonyl (C=O) groups is 1. The third kappa shape index (κ3) is 3.71. The summed E-state index contributed by atoms with van der Waals surface area (Å²) < 4.78 is 10.0. The van der Waals surface area contributed by atoms with Crippen molar-refractivity contribution in [3.05, 3.63) is 37.0 Å². The molecule has 0 unspecified atom stereocenters. The van der Waals surface area contributed by atoms with Crippen molar-refractivity contribution in [2.45, 2.75) is 6.10 Å². The molecule has 70 valence electrons. The van der Waals surface area contributed by atoms with E-state index in [4.69, 9.17) is 9.47 Å². The van der Waals surface area contributed by atoms with E-state index in [1.807, 2.05) is 24.3 Å². The van der Waals surface area contributed by atoms with Crippen LogP contribution >= 0.6 is 0 Å². The first-order valence-corrected chi connectivity index (χ1v) is 4.08. The summed E-state index contributed by atoms with van der Waals surface area (Å²) in [5, 5.41) is 0. The lowest BCUT2D eigenvalue weighted by molar-refractivity contribution is -0.139. The molecule has 3 nitrogen and oxygen atoms in total. The standard InChI is InChI=1S/C10H12O3/c1-2-10(11)13-8-7-12-9-5-3-4-6-9/h2-6,9H,1,7-8H2. The Kier molecular flexibility index (Phi) is 3.99. The Morgan fingerprint density at radius 1 is 1.38 bits per heavy atom. The summed E-state index contributed by atoms with van der Waals surface area (Å²) in [5.41, 5.74) is 0. The smallest absolute Gasteiger partial charge is 0.330 e. The van der Waals surface area contributed by atoms with Crippen LogP contribution in [0.1, 0.15) is 0 Å². The Balaban J connectivity index is 2.01. The molecule has 3 heteroatoms. The van der Waals surface area contributed by atoms with E-state index in [1.54, 1.807) is 0 Å². The molecule has 0 bridgehead atoms. The minimum Gasteiger partial charge on any atom is -0.460 e. The number of hydrogen-bond acceptors (Lipinski definition) is 3. The first-order valence-electron chi connectivity index (χ1n) is 4.08. The van der Waals surface area contributed by atoms with Crippen LogP contribution in [0.25, 0.3) is 0 Å². The molecular formula is C10H12O3. The van der Waals surface area contributed by atoms with Gasteiger partial charge in [-0.3, -0.25) is 0 Å². The van der Waals surface area contributed by atoms with E-state index in [9.17, 15) is 4.79 Å². The molecule has 0 aliphatic heterocycles. The zero-order valence-electron chi connectivity index (χ0n) is 7.31. The summed E-state index contributed by atoms with van der Waals surface area (Å²) in [4.78, 5) is 10.6. The zero-order chi connectivity index (χ0) is 9.52. The zero-order valence-corrected chi connectivity index (χ0v) is 7.31. The first kappa shape index (κ1) is 9.74. The van der Waals surface area contributed by atoms with Gasteiger partial charge >= 0.3 is 5.97 Å². The van der Waals surface area contributed by atoms with Crippen LogP contribution in [-0.2, 0) is 14.3 Å². The van der Waals surface area contributed by atoms with E-state index < -0.39 is 5.97 Å². The molecule has 0 N–H and O–H groups in total. The summed E-state index contributed by atoms with van der Waals surface area (Å²) in [6.07, 6.45) is 8.85. The molecule has 0 atom stereocenters. The molecule has 1 rings (SSSR count). The van der Waals surface area contributed by atoms with Crippen molar-refractivity contribution in [2.75, 3.05) is 13.2 Å². The van der Waals surface area contributed by atoms with Crippen LogP contribution in [0.15, 0.2) is 37.0 Å². The van der Waals surface area contributed by atoms with Crippen LogP contribution in [0, 0.1) is 0 Å². The van der Waals surface area contributed by atoms with E-state index in [-0.39, 0.29) is 12.7 Å². The van der Waals surface area contributed by atoms with Crippen LogP contribution in [-0.4, -0.2) is 25.3 Å². The second-order valence-electron chi connectivity index (χ2n) is 2.48. The molecular weight excluding hydrogens is 168 g/mol. The van der Waals surface area contributed by atoms with Gasteiger partial charge in [0.05, 0.1) is 12.7 Å². The number of allylic oxidation sites excluding steroid dienone is 2. The third-order valence-corrected chi connectivity index (χ3v) is 1.52. The van der Waals surface area contributed by atoms with Crippen molar-refractivity contribution in [1.82, 2.24) is 0 Å². The Morgan fingerprint density at radius 3 is 2.69 bits per heavy atom. The first-order chi connectivity index (χ1) is 6.33. The highest BCUT2D eigenvalue weighted by molar-refractivity contribution is 5.81. The van der Waals surface area contributed by atoms with Crippen molar-refractivity contribution in [2.24, 2.45) is 0 Å². The van der Waals surface area contributed by atoms with Gasteiger partial charge in [-0.15, -0.1) is 0 Å². The lowest BCUT2D eigenvalue weighted by atomic mass is 10.4. The summed E-state index contributed by atoms with van der Waals surface area (Å²) in [6.45, 7) is 3.95. The Hall–Kier alpha value is -1.35. The summed E-state index contributed by atoms with van der Waals surface area (Å²) >= 11 is 0. The van der Waals surface area contributed by atoms with E-state index in [0.29, 0.717) is 6.61 Å². The number of ether oxygens (including phenoxy) is 2. The van der Waals surface area contributed by atoms with E-state index in [2.05, 4.69) is 6.58 Å². The molecule has 0 radical (unpaired) electrons. The Labute approximate surface area is 77.3 Å². The van der Waals surface area contributed by atoms with E-state index >= 15 is 0 Å². The number of esters is 1. The monoisotopic (exact) mass is 180 g/mol. The highest BCUT2D eigenvalue weighted by atomic mass is 16.6. The Bertz CT molecular complexity index is 229. The summed E-state index contributed by atoms with van der Waals surface area (Å²) in [6, 6.07) is 0. The lowest BCUT2D eigenvalue weighted by Gasteiger charge is -2.07. The van der Waals surface area contributed by atoms with Crippen molar-refractivity contribution in [3.8, 4) is 0 Å². The van der Waals surface area contributed by atoms with E-state index in [1.165, 1.54) is 0 Å². The molecule has 0 saturated heterocycles. The SMILES string of the molecule is C=CC(=O)OCCOC1C=CC=C1. The van der Waals surface area contributed by atoms with Crippen LogP contribution < -0.4 is 0 Å². The maximum absolute atomic E-state index is 10.6. The second kappa shape index (κ2) is 5.32. The molecule has 0 fully saturated rings. The van der Waals surface area contributed by atoms with Gasteiger partial charge in [-0.1, -0.05) is 30.9 Å². The fourth-order valence-electron chi connectivity index (χ4n) is 0.908. The van der Waals surface area contributed by atoms with Gasteiger partial charge in [-0.2, -0.15) is 0 Å². The molecule has 0 spiro atoms. The number of carbonyl (C=O) groups excluding carboxylic acids is 1. The van der Waals surface area contributed by atoms with Crippen LogP contribution in [0.3, 0.4) is 0 Å². The predicted octanol–water partition coefficient (Wildman–Crippen LogP) is 1.23. The van der Waals surface area contributed by atoms with Crippen LogP contribution in [0.5, 0.6) is 0 Å². The minimum absolute atomic E-state index is 0.0300. The Morgan fingerprint density at radius 2 is 2.08 bits per heavy atom. The van der Waals surface area contributed by atoms with Gasteiger partial charge in [0.15, 0.2) is 0 Å². The minimum atomic E-state index is -0.416. The topological polar surface area (TPSA) is 35.5 Å². The molecule has 0 heterocycles. The lowest BCUT2D eigenvalue weighted by Crippen LogP contribution is -2.12. The van der Waals surface area contributed by atoms with Crippen molar-refractivity contribution < 1.29 is 14.3 Å². The quantitative estimate of drug-likeness (QED) is 0.362. The molecule has 0 amide bonds. The fraction of sp³-hybridized carbons (Fsp3) is 0.300. The number of rotatable bonds is 5. The molecule has 13 heavy (non-hydrogen) atoms. The molecule has 0 saturated carbocycles.